The SMILES string of the molecule is C#Cc1cccc2cccc(-c3ncc4c(c3F)CN(OC[C@@H]3CCCN3C)C=C4N3CCN(C(=O)O)CC3)c12. The van der Waals surface area contributed by atoms with Gasteiger partial charge in [0.2, 0.25) is 0 Å². The lowest BCUT2D eigenvalue weighted by atomic mass is 9.94. The first-order valence-corrected chi connectivity index (χ1v) is 13.7. The molecule has 2 saturated heterocycles. The molecule has 0 spiro atoms. The Labute approximate surface area is 233 Å². The Hall–Kier alpha value is -4.13. The third-order valence-corrected chi connectivity index (χ3v) is 8.29. The van der Waals surface area contributed by atoms with Gasteiger partial charge >= 0.3 is 6.09 Å². The minimum atomic E-state index is -0.929. The zero-order valence-corrected chi connectivity index (χ0v) is 22.5. The summed E-state index contributed by atoms with van der Waals surface area (Å²) in [7, 11) is 2.10. The maximum Gasteiger partial charge on any atom is 0.407 e. The highest BCUT2D eigenvalue weighted by atomic mass is 19.1. The van der Waals surface area contributed by atoms with Crippen molar-refractivity contribution >= 4 is 22.6 Å². The molecule has 2 fully saturated rings. The van der Waals surface area contributed by atoms with E-state index in [4.69, 9.17) is 11.3 Å². The Morgan fingerprint density at radius 2 is 1.93 bits per heavy atom. The number of carbonyl (C=O) groups is 1. The zero-order valence-electron chi connectivity index (χ0n) is 22.5. The summed E-state index contributed by atoms with van der Waals surface area (Å²) in [5.41, 5.74) is 3.57. The predicted octanol–water partition coefficient (Wildman–Crippen LogP) is 4.46. The van der Waals surface area contributed by atoms with Crippen molar-refractivity contribution in [2.75, 3.05) is 46.4 Å². The number of terminal acetylenes is 1. The van der Waals surface area contributed by atoms with E-state index in [1.807, 2.05) is 42.6 Å². The third-order valence-electron chi connectivity index (χ3n) is 8.29. The molecule has 0 unspecified atom stereocenters. The number of hydrogen-bond acceptors (Lipinski definition) is 6. The van der Waals surface area contributed by atoms with Gasteiger partial charge in [0.05, 0.1) is 25.0 Å². The minimum Gasteiger partial charge on any atom is -0.465 e. The van der Waals surface area contributed by atoms with Crippen molar-refractivity contribution in [1.82, 2.24) is 24.7 Å². The van der Waals surface area contributed by atoms with Gasteiger partial charge in [0.15, 0.2) is 5.82 Å². The average Bonchev–Trinajstić information content (AvgIpc) is 3.40. The maximum atomic E-state index is 16.6. The summed E-state index contributed by atoms with van der Waals surface area (Å²) in [6.45, 7) is 3.52. The number of fused-ring (bicyclic) bond motifs is 2. The van der Waals surface area contributed by atoms with Crippen molar-refractivity contribution in [2.45, 2.75) is 25.4 Å². The van der Waals surface area contributed by atoms with Gasteiger partial charge in [-0.3, -0.25) is 14.9 Å². The number of hydrogen-bond donors (Lipinski definition) is 1. The van der Waals surface area contributed by atoms with E-state index in [0.717, 1.165) is 35.9 Å². The monoisotopic (exact) mass is 541 g/mol. The molecule has 3 aliphatic rings. The van der Waals surface area contributed by atoms with Gasteiger partial charge < -0.3 is 19.8 Å². The van der Waals surface area contributed by atoms with Crippen LogP contribution in [0, 0.1) is 18.2 Å². The van der Waals surface area contributed by atoms with E-state index in [1.54, 1.807) is 11.3 Å². The number of aromatic nitrogens is 1. The van der Waals surface area contributed by atoms with E-state index in [1.165, 1.54) is 4.90 Å². The third kappa shape index (κ3) is 4.74. The molecule has 0 aliphatic carbocycles. The van der Waals surface area contributed by atoms with Crippen LogP contribution in [0.15, 0.2) is 48.8 Å². The summed E-state index contributed by atoms with van der Waals surface area (Å²) in [6.07, 6.45) is 10.7. The molecule has 0 radical (unpaired) electrons. The fourth-order valence-electron chi connectivity index (χ4n) is 6.00. The molecule has 3 aromatic rings. The molecule has 1 aromatic heterocycles. The minimum absolute atomic E-state index is 0.235. The van der Waals surface area contributed by atoms with Crippen LogP contribution in [-0.4, -0.2) is 88.4 Å². The molecular weight excluding hydrogens is 509 g/mol. The molecule has 1 N–H and O–H groups in total. The summed E-state index contributed by atoms with van der Waals surface area (Å²) in [5.74, 6) is 2.33. The van der Waals surface area contributed by atoms with Crippen molar-refractivity contribution in [3.8, 4) is 23.6 Å². The van der Waals surface area contributed by atoms with Crippen LogP contribution in [-0.2, 0) is 11.4 Å². The lowest BCUT2D eigenvalue weighted by molar-refractivity contribution is -0.141. The smallest absolute Gasteiger partial charge is 0.407 e. The van der Waals surface area contributed by atoms with Crippen LogP contribution >= 0.6 is 0 Å². The Bertz CT molecular complexity index is 1520. The molecule has 8 nitrogen and oxygen atoms in total. The van der Waals surface area contributed by atoms with Crippen molar-refractivity contribution < 1.29 is 19.1 Å². The van der Waals surface area contributed by atoms with Crippen molar-refractivity contribution in [3.05, 3.63) is 71.3 Å². The van der Waals surface area contributed by atoms with Gasteiger partial charge in [-0.25, -0.2) is 9.18 Å². The second-order valence-corrected chi connectivity index (χ2v) is 10.6. The van der Waals surface area contributed by atoms with Crippen LogP contribution < -0.4 is 0 Å². The molecule has 6 rings (SSSR count). The number of likely N-dealkylation sites (tertiary alicyclic amines) is 1. The molecular formula is C31H32FN5O3. The summed E-state index contributed by atoms with van der Waals surface area (Å²) < 4.78 is 16.6. The van der Waals surface area contributed by atoms with Gasteiger partial charge in [0.25, 0.3) is 0 Å². The van der Waals surface area contributed by atoms with Crippen molar-refractivity contribution in [1.29, 1.82) is 0 Å². The lowest BCUT2D eigenvalue weighted by Crippen LogP contribution is -2.48. The fourth-order valence-corrected chi connectivity index (χ4v) is 6.00. The first-order valence-electron chi connectivity index (χ1n) is 13.7. The second kappa shape index (κ2) is 10.8. The van der Waals surface area contributed by atoms with Crippen LogP contribution in [0.4, 0.5) is 9.18 Å². The first-order chi connectivity index (χ1) is 19.4. The van der Waals surface area contributed by atoms with Crippen LogP contribution in [0.2, 0.25) is 0 Å². The number of likely N-dealkylation sites (N-methyl/N-ethyl adjacent to an activating group) is 1. The van der Waals surface area contributed by atoms with E-state index in [2.05, 4.69) is 27.8 Å². The number of carboxylic acid groups (broad SMARTS) is 1. The highest BCUT2D eigenvalue weighted by molar-refractivity contribution is 6.00. The standard InChI is InChI=1S/C31H32FN5O3/c1-3-21-7-4-8-22-9-5-11-24(28(21)22)30-29(32)26-18-37(40-20-23-10-6-12-34(23)2)19-27(25(26)17-33-30)35-13-15-36(16-14-35)31(38)39/h1,4-5,7-9,11,17,19,23H,6,10,12-16,18,20H2,2H3,(H,38,39)/t23-/m0/s1. The van der Waals surface area contributed by atoms with Gasteiger partial charge in [-0.05, 0) is 37.9 Å². The second-order valence-electron chi connectivity index (χ2n) is 10.6. The largest absolute Gasteiger partial charge is 0.465 e. The van der Waals surface area contributed by atoms with Crippen LogP contribution in [0.25, 0.3) is 27.7 Å². The molecule has 1 amide bonds. The number of amides is 1. The molecule has 9 heteroatoms. The Morgan fingerprint density at radius 1 is 1.15 bits per heavy atom. The molecule has 0 bridgehead atoms. The molecule has 3 aliphatic heterocycles. The summed E-state index contributed by atoms with van der Waals surface area (Å²) >= 11 is 0. The molecule has 206 valence electrons. The number of hydroxylamine groups is 2. The van der Waals surface area contributed by atoms with E-state index in [-0.39, 0.29) is 12.2 Å². The predicted molar refractivity (Wildman–Crippen MR) is 151 cm³/mol. The zero-order chi connectivity index (χ0) is 27.8. The van der Waals surface area contributed by atoms with Gasteiger partial charge in [0.1, 0.15) is 5.69 Å². The highest BCUT2D eigenvalue weighted by Gasteiger charge is 2.31. The van der Waals surface area contributed by atoms with Crippen molar-refractivity contribution in [3.63, 3.8) is 0 Å². The number of piperazine rings is 1. The molecule has 0 saturated carbocycles. The van der Waals surface area contributed by atoms with Gasteiger partial charge in [-0.15, -0.1) is 6.42 Å². The van der Waals surface area contributed by atoms with E-state index in [9.17, 15) is 9.90 Å². The lowest BCUT2D eigenvalue weighted by Gasteiger charge is -2.39. The van der Waals surface area contributed by atoms with E-state index in [0.29, 0.717) is 61.1 Å². The Morgan fingerprint density at radius 3 is 2.62 bits per heavy atom. The highest BCUT2D eigenvalue weighted by Crippen LogP contribution is 2.37. The number of pyridine rings is 1. The number of benzene rings is 2. The Balaban J connectivity index is 1.39. The summed E-state index contributed by atoms with van der Waals surface area (Å²) in [4.78, 5) is 28.1. The van der Waals surface area contributed by atoms with Gasteiger partial charge in [-0.2, -0.15) is 0 Å². The number of rotatable bonds is 5. The Kier molecular flexibility index (Phi) is 7.05. The maximum absolute atomic E-state index is 16.6. The molecule has 1 atom stereocenters. The van der Waals surface area contributed by atoms with E-state index < -0.39 is 11.9 Å². The quantitative estimate of drug-likeness (QED) is 0.479. The number of nitrogens with zero attached hydrogens (tertiary/aromatic N) is 5. The number of halogens is 1. The van der Waals surface area contributed by atoms with Gasteiger partial charge in [0, 0.05) is 66.1 Å². The molecule has 2 aromatic carbocycles. The summed E-state index contributed by atoms with van der Waals surface area (Å²) in [5, 5.41) is 12.8. The van der Waals surface area contributed by atoms with Crippen LogP contribution in [0.1, 0.15) is 29.5 Å². The molecule has 4 heterocycles. The topological polar surface area (TPSA) is 72.4 Å². The van der Waals surface area contributed by atoms with Crippen molar-refractivity contribution in [2.24, 2.45) is 0 Å². The normalized spacial score (nSPS) is 19.5. The van der Waals surface area contributed by atoms with Gasteiger partial charge in [-0.1, -0.05) is 36.3 Å². The molecule has 40 heavy (non-hydrogen) atoms. The fraction of sp³-hybridized carbons (Fsp3) is 0.355. The van der Waals surface area contributed by atoms with E-state index >= 15 is 4.39 Å². The van der Waals surface area contributed by atoms with Crippen LogP contribution in [0.5, 0.6) is 0 Å². The first kappa shape index (κ1) is 26.1. The summed E-state index contributed by atoms with van der Waals surface area (Å²) in [6, 6.07) is 11.7. The van der Waals surface area contributed by atoms with Crippen LogP contribution in [0.3, 0.4) is 0 Å². The average molecular weight is 542 g/mol.